The predicted octanol–water partition coefficient (Wildman–Crippen LogP) is 4.20. The van der Waals surface area contributed by atoms with Crippen LogP contribution in [0.3, 0.4) is 0 Å². The second-order valence-corrected chi connectivity index (χ2v) is 4.98. The van der Waals surface area contributed by atoms with Crippen molar-refractivity contribution in [2.75, 3.05) is 0 Å². The predicted molar refractivity (Wildman–Crippen MR) is 75.6 cm³/mol. The first kappa shape index (κ1) is 12.2. The van der Waals surface area contributed by atoms with Crippen LogP contribution in [0.2, 0.25) is 0 Å². The van der Waals surface area contributed by atoms with Gasteiger partial charge in [0.1, 0.15) is 11.5 Å². The van der Waals surface area contributed by atoms with E-state index in [9.17, 15) is 0 Å². The van der Waals surface area contributed by atoms with Crippen LogP contribution in [0.5, 0.6) is 11.5 Å². The van der Waals surface area contributed by atoms with Crippen molar-refractivity contribution in [3.05, 3.63) is 60.2 Å². The minimum atomic E-state index is 0.459. The van der Waals surface area contributed by atoms with Crippen LogP contribution >= 0.6 is 0 Å². The van der Waals surface area contributed by atoms with Crippen molar-refractivity contribution in [1.29, 1.82) is 0 Å². The van der Waals surface area contributed by atoms with Crippen molar-refractivity contribution in [3.63, 3.8) is 0 Å². The Bertz CT molecular complexity index is 519. The lowest BCUT2D eigenvalue weighted by Gasteiger charge is -2.06. The SMILES string of the molecule is CC1OC1CCc1ccc(Oc2ccccc2)cc1. The van der Waals surface area contributed by atoms with Gasteiger partial charge in [0.25, 0.3) is 0 Å². The highest BCUT2D eigenvalue weighted by Gasteiger charge is 2.33. The molecule has 0 saturated carbocycles. The lowest BCUT2D eigenvalue weighted by atomic mass is 10.1. The molecule has 19 heavy (non-hydrogen) atoms. The van der Waals surface area contributed by atoms with Crippen molar-refractivity contribution >= 4 is 0 Å². The van der Waals surface area contributed by atoms with E-state index in [2.05, 4.69) is 19.1 Å². The van der Waals surface area contributed by atoms with Crippen LogP contribution in [-0.4, -0.2) is 12.2 Å². The molecule has 0 bridgehead atoms. The molecule has 1 saturated heterocycles. The fourth-order valence-corrected chi connectivity index (χ4v) is 2.19. The van der Waals surface area contributed by atoms with Crippen LogP contribution in [0.1, 0.15) is 18.9 Å². The van der Waals surface area contributed by atoms with Gasteiger partial charge in [0, 0.05) is 0 Å². The topological polar surface area (TPSA) is 21.8 Å². The molecule has 0 amide bonds. The molecule has 2 atom stereocenters. The van der Waals surface area contributed by atoms with Gasteiger partial charge in [-0.15, -0.1) is 0 Å². The second-order valence-electron chi connectivity index (χ2n) is 4.98. The van der Waals surface area contributed by atoms with Gasteiger partial charge in [-0.05, 0) is 49.6 Å². The maximum Gasteiger partial charge on any atom is 0.127 e. The highest BCUT2D eigenvalue weighted by Crippen LogP contribution is 2.27. The third-order valence-electron chi connectivity index (χ3n) is 3.46. The molecular formula is C17H18O2. The van der Waals surface area contributed by atoms with Crippen LogP contribution in [-0.2, 0) is 11.2 Å². The fourth-order valence-electron chi connectivity index (χ4n) is 2.19. The van der Waals surface area contributed by atoms with E-state index in [1.807, 2.05) is 42.5 Å². The fraction of sp³-hybridized carbons (Fsp3) is 0.294. The maximum atomic E-state index is 5.76. The number of aryl methyl sites for hydroxylation is 1. The van der Waals surface area contributed by atoms with Gasteiger partial charge < -0.3 is 9.47 Å². The molecule has 0 N–H and O–H groups in total. The third-order valence-corrected chi connectivity index (χ3v) is 3.46. The molecule has 2 unspecified atom stereocenters. The highest BCUT2D eigenvalue weighted by atomic mass is 16.6. The number of para-hydroxylation sites is 1. The van der Waals surface area contributed by atoms with Gasteiger partial charge in [-0.25, -0.2) is 0 Å². The Morgan fingerprint density at radius 3 is 2.21 bits per heavy atom. The van der Waals surface area contributed by atoms with E-state index in [4.69, 9.17) is 9.47 Å². The average Bonchev–Trinajstić information content (AvgIpc) is 3.15. The van der Waals surface area contributed by atoms with Gasteiger partial charge in [0.2, 0.25) is 0 Å². The molecule has 1 aliphatic rings. The monoisotopic (exact) mass is 254 g/mol. The summed E-state index contributed by atoms with van der Waals surface area (Å²) < 4.78 is 11.2. The standard InChI is InChI=1S/C17H18O2/c1-13-17(18-13)12-9-14-7-10-16(11-8-14)19-15-5-3-2-4-6-15/h2-8,10-11,13,17H,9,12H2,1H3. The van der Waals surface area contributed by atoms with Crippen molar-refractivity contribution in [3.8, 4) is 11.5 Å². The Balaban J connectivity index is 1.56. The molecule has 3 rings (SSSR count). The molecule has 2 aromatic carbocycles. The first-order valence-electron chi connectivity index (χ1n) is 6.78. The zero-order valence-corrected chi connectivity index (χ0v) is 11.1. The maximum absolute atomic E-state index is 5.76. The van der Waals surface area contributed by atoms with Gasteiger partial charge >= 0.3 is 0 Å². The smallest absolute Gasteiger partial charge is 0.127 e. The van der Waals surface area contributed by atoms with Gasteiger partial charge in [0.15, 0.2) is 0 Å². The van der Waals surface area contributed by atoms with E-state index in [-0.39, 0.29) is 0 Å². The molecule has 0 spiro atoms. The van der Waals surface area contributed by atoms with E-state index < -0.39 is 0 Å². The number of ether oxygens (including phenoxy) is 2. The van der Waals surface area contributed by atoms with Crippen molar-refractivity contribution in [2.24, 2.45) is 0 Å². The largest absolute Gasteiger partial charge is 0.457 e. The first-order valence-corrected chi connectivity index (χ1v) is 6.78. The Morgan fingerprint density at radius 1 is 0.947 bits per heavy atom. The van der Waals surface area contributed by atoms with Gasteiger partial charge in [-0.2, -0.15) is 0 Å². The summed E-state index contributed by atoms with van der Waals surface area (Å²) in [4.78, 5) is 0. The van der Waals surface area contributed by atoms with Crippen molar-refractivity contribution in [1.82, 2.24) is 0 Å². The highest BCUT2D eigenvalue weighted by molar-refractivity contribution is 5.33. The summed E-state index contributed by atoms with van der Waals surface area (Å²) in [6.07, 6.45) is 3.11. The van der Waals surface area contributed by atoms with E-state index in [0.717, 1.165) is 24.3 Å². The first-order chi connectivity index (χ1) is 9.31. The van der Waals surface area contributed by atoms with E-state index in [0.29, 0.717) is 12.2 Å². The van der Waals surface area contributed by atoms with Gasteiger partial charge in [0.05, 0.1) is 12.2 Å². The quantitative estimate of drug-likeness (QED) is 0.746. The number of hydrogen-bond donors (Lipinski definition) is 0. The van der Waals surface area contributed by atoms with Crippen LogP contribution in [0.4, 0.5) is 0 Å². The van der Waals surface area contributed by atoms with Crippen LogP contribution < -0.4 is 4.74 Å². The van der Waals surface area contributed by atoms with Crippen LogP contribution in [0.15, 0.2) is 54.6 Å². The molecule has 1 aliphatic heterocycles. The summed E-state index contributed by atoms with van der Waals surface area (Å²) >= 11 is 0. The molecule has 0 aromatic heterocycles. The minimum Gasteiger partial charge on any atom is -0.457 e. The normalized spacial score (nSPS) is 21.1. The Kier molecular flexibility index (Phi) is 3.51. The zero-order valence-electron chi connectivity index (χ0n) is 11.1. The summed E-state index contributed by atoms with van der Waals surface area (Å²) in [7, 11) is 0. The molecule has 2 heteroatoms. The summed E-state index contributed by atoms with van der Waals surface area (Å²) in [5.41, 5.74) is 1.34. The van der Waals surface area contributed by atoms with Gasteiger partial charge in [-0.1, -0.05) is 30.3 Å². The number of hydrogen-bond acceptors (Lipinski definition) is 2. The Morgan fingerprint density at radius 2 is 1.58 bits per heavy atom. The molecule has 0 radical (unpaired) electrons. The number of rotatable bonds is 5. The van der Waals surface area contributed by atoms with Crippen LogP contribution in [0.25, 0.3) is 0 Å². The van der Waals surface area contributed by atoms with Crippen molar-refractivity contribution < 1.29 is 9.47 Å². The molecule has 2 nitrogen and oxygen atoms in total. The summed E-state index contributed by atoms with van der Waals surface area (Å²) in [5.74, 6) is 1.75. The zero-order chi connectivity index (χ0) is 13.1. The van der Waals surface area contributed by atoms with E-state index >= 15 is 0 Å². The third kappa shape index (κ3) is 3.36. The average molecular weight is 254 g/mol. The molecular weight excluding hydrogens is 236 g/mol. The van der Waals surface area contributed by atoms with Crippen molar-refractivity contribution in [2.45, 2.75) is 32.0 Å². The number of benzene rings is 2. The van der Waals surface area contributed by atoms with E-state index in [1.54, 1.807) is 0 Å². The summed E-state index contributed by atoms with van der Waals surface area (Å²) in [6, 6.07) is 18.2. The molecule has 2 aromatic rings. The molecule has 98 valence electrons. The second kappa shape index (κ2) is 5.45. The lowest BCUT2D eigenvalue weighted by Crippen LogP contribution is -1.93. The molecule has 1 fully saturated rings. The van der Waals surface area contributed by atoms with Gasteiger partial charge in [-0.3, -0.25) is 0 Å². The summed E-state index contributed by atoms with van der Waals surface area (Å²) in [5, 5.41) is 0. The summed E-state index contributed by atoms with van der Waals surface area (Å²) in [6.45, 7) is 2.13. The van der Waals surface area contributed by atoms with E-state index in [1.165, 1.54) is 5.56 Å². The molecule has 0 aliphatic carbocycles. The van der Waals surface area contributed by atoms with Crippen LogP contribution in [0, 0.1) is 0 Å². The Labute approximate surface area is 114 Å². The number of epoxide rings is 1. The molecule has 1 heterocycles. The lowest BCUT2D eigenvalue weighted by molar-refractivity contribution is 0.370. The Hall–Kier alpha value is -1.80. The minimum absolute atomic E-state index is 0.459.